The number of benzene rings is 2. The molecule has 3 atom stereocenters. The molecule has 1 saturated heterocycles. The Morgan fingerprint density at radius 3 is 2.95 bits per heavy atom. The van der Waals surface area contributed by atoms with Crippen molar-refractivity contribution in [3.8, 4) is 5.75 Å². The first kappa shape index (κ1) is 14.1. The first-order valence-corrected chi connectivity index (χ1v) is 8.48. The fourth-order valence-electron chi connectivity index (χ4n) is 3.69. The topological polar surface area (TPSA) is 41.5 Å². The minimum atomic E-state index is 0.120. The van der Waals surface area contributed by atoms with E-state index in [0.29, 0.717) is 11.7 Å². The number of rotatable bonds is 1. The first-order valence-electron chi connectivity index (χ1n) is 7.69. The summed E-state index contributed by atoms with van der Waals surface area (Å²) in [7, 11) is 0. The van der Waals surface area contributed by atoms with E-state index in [9.17, 15) is 5.11 Å². The standard InChI is InChI=1S/C18H18BrNO2/c19-12-6-7-16-15(10-12)18-14(5-2-8-22-18)17(20-16)11-3-1-4-13(21)9-11/h1,3-4,6-7,9-10,14,17-18,20-21H,2,5,8H2/t14-,17+,18-/m1/s1. The second-order valence-electron chi connectivity index (χ2n) is 6.05. The predicted molar refractivity (Wildman–Crippen MR) is 90.0 cm³/mol. The van der Waals surface area contributed by atoms with Crippen molar-refractivity contribution in [1.29, 1.82) is 0 Å². The zero-order chi connectivity index (χ0) is 15.1. The van der Waals surface area contributed by atoms with Crippen molar-refractivity contribution in [2.45, 2.75) is 25.0 Å². The molecule has 0 unspecified atom stereocenters. The second kappa shape index (κ2) is 5.60. The van der Waals surface area contributed by atoms with Crippen LogP contribution in [0.3, 0.4) is 0 Å². The summed E-state index contributed by atoms with van der Waals surface area (Å²) in [6, 6.07) is 14.0. The average Bonchev–Trinajstić information content (AvgIpc) is 2.54. The lowest BCUT2D eigenvalue weighted by atomic mass is 9.77. The van der Waals surface area contributed by atoms with Crippen LogP contribution in [0.1, 0.15) is 36.1 Å². The lowest BCUT2D eigenvalue weighted by molar-refractivity contribution is -0.0381. The van der Waals surface area contributed by atoms with E-state index in [2.05, 4.69) is 45.5 Å². The number of anilines is 1. The average molecular weight is 360 g/mol. The van der Waals surface area contributed by atoms with Crippen molar-refractivity contribution in [2.24, 2.45) is 5.92 Å². The minimum absolute atomic E-state index is 0.120. The maximum atomic E-state index is 9.81. The molecule has 22 heavy (non-hydrogen) atoms. The van der Waals surface area contributed by atoms with E-state index in [-0.39, 0.29) is 12.1 Å². The number of nitrogens with one attached hydrogen (secondary N) is 1. The molecule has 0 aliphatic carbocycles. The summed E-state index contributed by atoms with van der Waals surface area (Å²) < 4.78 is 7.20. The van der Waals surface area contributed by atoms with Gasteiger partial charge in [-0.1, -0.05) is 28.1 Å². The van der Waals surface area contributed by atoms with Crippen molar-refractivity contribution >= 4 is 21.6 Å². The third-order valence-corrected chi connectivity index (χ3v) is 5.15. The van der Waals surface area contributed by atoms with Crippen molar-refractivity contribution < 1.29 is 9.84 Å². The minimum Gasteiger partial charge on any atom is -0.508 e. The highest BCUT2D eigenvalue weighted by molar-refractivity contribution is 9.10. The summed E-state index contributed by atoms with van der Waals surface area (Å²) in [4.78, 5) is 0. The molecule has 2 aromatic carbocycles. The SMILES string of the molecule is Oc1cccc([C@@H]2Nc3ccc(Br)cc3[C@@H]3OCCC[C@H]23)c1. The second-order valence-corrected chi connectivity index (χ2v) is 6.96. The number of phenols is 1. The van der Waals surface area contributed by atoms with Crippen LogP contribution in [0.4, 0.5) is 5.69 Å². The molecule has 0 bridgehead atoms. The lowest BCUT2D eigenvalue weighted by Gasteiger charge is -2.43. The Labute approximate surface area is 138 Å². The third kappa shape index (κ3) is 2.40. The van der Waals surface area contributed by atoms with Gasteiger partial charge in [-0.2, -0.15) is 0 Å². The molecule has 3 nitrogen and oxygen atoms in total. The fraction of sp³-hybridized carbons (Fsp3) is 0.333. The van der Waals surface area contributed by atoms with Crippen molar-refractivity contribution in [2.75, 3.05) is 11.9 Å². The number of halogens is 1. The van der Waals surface area contributed by atoms with Crippen molar-refractivity contribution in [3.63, 3.8) is 0 Å². The van der Waals surface area contributed by atoms with E-state index in [4.69, 9.17) is 4.74 Å². The summed E-state index contributed by atoms with van der Waals surface area (Å²) in [6.07, 6.45) is 2.33. The molecular weight excluding hydrogens is 342 g/mol. The summed E-state index contributed by atoms with van der Waals surface area (Å²) in [5.41, 5.74) is 3.48. The fourth-order valence-corrected chi connectivity index (χ4v) is 4.07. The molecule has 0 radical (unpaired) electrons. The van der Waals surface area contributed by atoms with Crippen molar-refractivity contribution in [3.05, 3.63) is 58.1 Å². The van der Waals surface area contributed by atoms with Gasteiger partial charge in [-0.15, -0.1) is 0 Å². The molecule has 0 amide bonds. The normalized spacial score (nSPS) is 26.7. The number of aromatic hydroxyl groups is 1. The Morgan fingerprint density at radius 2 is 2.09 bits per heavy atom. The predicted octanol–water partition coefficient (Wildman–Crippen LogP) is 4.79. The van der Waals surface area contributed by atoms with Crippen LogP contribution in [0.25, 0.3) is 0 Å². The molecule has 114 valence electrons. The number of hydrogen-bond donors (Lipinski definition) is 2. The van der Waals surface area contributed by atoms with Crippen LogP contribution in [-0.2, 0) is 4.74 Å². The zero-order valence-electron chi connectivity index (χ0n) is 12.1. The van der Waals surface area contributed by atoms with E-state index in [1.807, 2.05) is 12.1 Å². The van der Waals surface area contributed by atoms with Gasteiger partial charge in [0.1, 0.15) is 5.75 Å². The van der Waals surface area contributed by atoms with Crippen LogP contribution in [0.15, 0.2) is 46.9 Å². The Bertz CT molecular complexity index is 703. The van der Waals surface area contributed by atoms with E-state index in [1.54, 1.807) is 6.07 Å². The molecule has 2 N–H and O–H groups in total. The van der Waals surface area contributed by atoms with E-state index >= 15 is 0 Å². The highest BCUT2D eigenvalue weighted by Gasteiger charge is 2.39. The van der Waals surface area contributed by atoms with Crippen LogP contribution in [0, 0.1) is 5.92 Å². The van der Waals surface area contributed by atoms with Gasteiger partial charge in [-0.25, -0.2) is 0 Å². The van der Waals surface area contributed by atoms with Gasteiger partial charge in [0.25, 0.3) is 0 Å². The Kier molecular flexibility index (Phi) is 3.59. The quantitative estimate of drug-likeness (QED) is 0.768. The van der Waals surface area contributed by atoms with Gasteiger partial charge < -0.3 is 15.2 Å². The van der Waals surface area contributed by atoms with Gasteiger partial charge in [0.2, 0.25) is 0 Å². The molecule has 4 heteroatoms. The molecule has 1 fully saturated rings. The van der Waals surface area contributed by atoms with Gasteiger partial charge in [0.15, 0.2) is 0 Å². The Hall–Kier alpha value is -1.52. The summed E-state index contributed by atoms with van der Waals surface area (Å²) in [5.74, 6) is 0.700. The van der Waals surface area contributed by atoms with E-state index in [1.165, 1.54) is 5.56 Å². The van der Waals surface area contributed by atoms with E-state index < -0.39 is 0 Å². The number of ether oxygens (including phenoxy) is 1. The van der Waals surface area contributed by atoms with Gasteiger partial charge in [0.05, 0.1) is 12.1 Å². The van der Waals surface area contributed by atoms with Crippen LogP contribution in [0.2, 0.25) is 0 Å². The van der Waals surface area contributed by atoms with Gasteiger partial charge in [0, 0.05) is 28.2 Å². The maximum Gasteiger partial charge on any atom is 0.115 e. The van der Waals surface area contributed by atoms with Crippen LogP contribution >= 0.6 is 15.9 Å². The summed E-state index contributed by atoms with van der Waals surface area (Å²) >= 11 is 3.56. The maximum absolute atomic E-state index is 9.81. The van der Waals surface area contributed by atoms with Gasteiger partial charge in [-0.05, 0) is 48.7 Å². The molecule has 4 rings (SSSR count). The highest BCUT2D eigenvalue weighted by Crippen LogP contribution is 2.49. The van der Waals surface area contributed by atoms with Crippen molar-refractivity contribution in [1.82, 2.24) is 0 Å². The largest absolute Gasteiger partial charge is 0.508 e. The van der Waals surface area contributed by atoms with Gasteiger partial charge >= 0.3 is 0 Å². The molecule has 2 heterocycles. The van der Waals surface area contributed by atoms with Crippen LogP contribution < -0.4 is 5.32 Å². The zero-order valence-corrected chi connectivity index (χ0v) is 13.7. The van der Waals surface area contributed by atoms with E-state index in [0.717, 1.165) is 35.2 Å². The number of phenolic OH excluding ortho intramolecular Hbond substituents is 1. The smallest absolute Gasteiger partial charge is 0.115 e. The lowest BCUT2D eigenvalue weighted by Crippen LogP contribution is -2.35. The molecule has 2 aliphatic rings. The number of hydrogen-bond acceptors (Lipinski definition) is 3. The molecule has 2 aromatic rings. The molecule has 0 aromatic heterocycles. The number of fused-ring (bicyclic) bond motifs is 3. The van der Waals surface area contributed by atoms with Crippen LogP contribution in [0.5, 0.6) is 5.75 Å². The Morgan fingerprint density at radius 1 is 1.18 bits per heavy atom. The molecule has 0 spiro atoms. The monoisotopic (exact) mass is 359 g/mol. The van der Waals surface area contributed by atoms with Crippen LogP contribution in [-0.4, -0.2) is 11.7 Å². The third-order valence-electron chi connectivity index (χ3n) is 4.66. The highest BCUT2D eigenvalue weighted by atomic mass is 79.9. The van der Waals surface area contributed by atoms with Gasteiger partial charge in [-0.3, -0.25) is 0 Å². The summed E-state index contributed by atoms with van der Waals surface area (Å²) in [6.45, 7) is 0.819. The summed E-state index contributed by atoms with van der Waals surface area (Å²) in [5, 5.41) is 13.5. The molecular formula is C18H18BrNO2. The molecule has 0 saturated carbocycles. The Balaban J connectivity index is 1.79. The first-order chi connectivity index (χ1) is 10.7. The molecule has 2 aliphatic heterocycles.